The molecule has 19 heavy (non-hydrogen) atoms. The third-order valence-electron chi connectivity index (χ3n) is 3.05. The predicted octanol–water partition coefficient (Wildman–Crippen LogP) is 3.94. The van der Waals surface area contributed by atoms with Crippen LogP contribution in [0.3, 0.4) is 0 Å². The minimum atomic E-state index is -5.47. The predicted molar refractivity (Wildman–Crippen MR) is 59.3 cm³/mol. The Morgan fingerprint density at radius 3 is 2.37 bits per heavy atom. The first-order valence-corrected chi connectivity index (χ1v) is 6.47. The van der Waals surface area contributed by atoms with Crippen LogP contribution in [0.4, 0.5) is 22.0 Å². The molecule has 0 amide bonds. The van der Waals surface area contributed by atoms with Crippen molar-refractivity contribution in [2.75, 3.05) is 19.8 Å². The molecule has 1 rings (SSSR count). The lowest BCUT2D eigenvalue weighted by Crippen LogP contribution is -2.36. The second kappa shape index (κ2) is 7.38. The van der Waals surface area contributed by atoms with Crippen molar-refractivity contribution in [1.82, 2.24) is 0 Å². The largest absolute Gasteiger partial charge is 0.453 e. The normalized spacial score (nSPS) is 21.6. The summed E-state index contributed by atoms with van der Waals surface area (Å²) >= 11 is 0. The van der Waals surface area contributed by atoms with Gasteiger partial charge in [-0.25, -0.2) is 0 Å². The maximum absolute atomic E-state index is 12.5. The van der Waals surface area contributed by atoms with Crippen LogP contribution in [0.2, 0.25) is 0 Å². The average molecular weight is 290 g/mol. The first-order chi connectivity index (χ1) is 8.83. The summed E-state index contributed by atoms with van der Waals surface area (Å²) in [6.45, 7) is 0.975. The molecular weight excluding hydrogens is 271 g/mol. The molecule has 0 aromatic rings. The molecule has 0 saturated carbocycles. The van der Waals surface area contributed by atoms with Crippen LogP contribution in [0.25, 0.3) is 0 Å². The van der Waals surface area contributed by atoms with Gasteiger partial charge in [-0.05, 0) is 32.1 Å². The minimum Gasteiger partial charge on any atom is -0.381 e. The van der Waals surface area contributed by atoms with E-state index in [-0.39, 0.29) is 19.1 Å². The molecule has 114 valence electrons. The van der Waals surface area contributed by atoms with Gasteiger partial charge in [0.1, 0.15) is 0 Å². The summed E-state index contributed by atoms with van der Waals surface area (Å²) in [5, 5.41) is 0. The Morgan fingerprint density at radius 2 is 1.79 bits per heavy atom. The third-order valence-corrected chi connectivity index (χ3v) is 3.05. The van der Waals surface area contributed by atoms with E-state index in [0.717, 1.165) is 25.9 Å². The van der Waals surface area contributed by atoms with E-state index in [0.29, 0.717) is 13.0 Å². The Morgan fingerprint density at radius 1 is 1.05 bits per heavy atom. The van der Waals surface area contributed by atoms with Crippen molar-refractivity contribution in [2.24, 2.45) is 0 Å². The third kappa shape index (κ3) is 6.03. The Balaban J connectivity index is 2.02. The van der Waals surface area contributed by atoms with E-state index in [2.05, 4.69) is 0 Å². The molecule has 0 aromatic heterocycles. The zero-order valence-corrected chi connectivity index (χ0v) is 10.6. The highest BCUT2D eigenvalue weighted by atomic mass is 19.4. The fraction of sp³-hybridized carbons (Fsp3) is 1.00. The molecule has 0 spiro atoms. The second-order valence-corrected chi connectivity index (χ2v) is 4.70. The van der Waals surface area contributed by atoms with E-state index < -0.39 is 18.5 Å². The molecule has 7 heteroatoms. The lowest BCUT2D eigenvalue weighted by molar-refractivity contribution is -0.285. The lowest BCUT2D eigenvalue weighted by Gasteiger charge is -2.22. The average Bonchev–Trinajstić information content (AvgIpc) is 2.33. The standard InChI is InChI=1S/C12H19F5O2/c13-11(14,12(15,16)17)6-3-7-18-9-5-10-4-1-2-8-19-10/h10H,1-9H2. The fourth-order valence-electron chi connectivity index (χ4n) is 1.89. The highest BCUT2D eigenvalue weighted by Crippen LogP contribution is 2.38. The van der Waals surface area contributed by atoms with E-state index in [1.807, 2.05) is 0 Å². The van der Waals surface area contributed by atoms with Gasteiger partial charge in [0.05, 0.1) is 6.10 Å². The van der Waals surface area contributed by atoms with E-state index in [1.54, 1.807) is 0 Å². The number of halogens is 5. The molecule has 1 aliphatic rings. The number of hydrogen-bond donors (Lipinski definition) is 0. The van der Waals surface area contributed by atoms with Gasteiger partial charge >= 0.3 is 12.1 Å². The Labute approximate surface area is 109 Å². The zero-order valence-electron chi connectivity index (χ0n) is 10.6. The number of ether oxygens (including phenoxy) is 2. The van der Waals surface area contributed by atoms with E-state index >= 15 is 0 Å². The van der Waals surface area contributed by atoms with Crippen LogP contribution in [0, 0.1) is 0 Å². The molecule has 1 unspecified atom stereocenters. The molecule has 1 fully saturated rings. The molecule has 2 nitrogen and oxygen atoms in total. The van der Waals surface area contributed by atoms with Crippen molar-refractivity contribution in [3.05, 3.63) is 0 Å². The van der Waals surface area contributed by atoms with E-state index in [1.165, 1.54) is 0 Å². The van der Waals surface area contributed by atoms with Crippen molar-refractivity contribution in [1.29, 1.82) is 0 Å². The zero-order chi connectivity index (χ0) is 14.4. The summed E-state index contributed by atoms with van der Waals surface area (Å²) in [4.78, 5) is 0. The van der Waals surface area contributed by atoms with Crippen LogP contribution >= 0.6 is 0 Å². The summed E-state index contributed by atoms with van der Waals surface area (Å²) in [5.41, 5.74) is 0. The van der Waals surface area contributed by atoms with Crippen LogP contribution in [-0.4, -0.2) is 38.0 Å². The second-order valence-electron chi connectivity index (χ2n) is 4.70. The van der Waals surface area contributed by atoms with Crippen molar-refractivity contribution in [2.45, 2.75) is 56.7 Å². The highest BCUT2D eigenvalue weighted by molar-refractivity contribution is 4.75. The van der Waals surface area contributed by atoms with Gasteiger partial charge in [0.2, 0.25) is 0 Å². The van der Waals surface area contributed by atoms with E-state index in [4.69, 9.17) is 9.47 Å². The number of hydrogen-bond acceptors (Lipinski definition) is 2. The molecular formula is C12H19F5O2. The SMILES string of the molecule is FC(F)(F)C(F)(F)CCCOCCC1CCCCO1. The van der Waals surface area contributed by atoms with Gasteiger partial charge in [-0.2, -0.15) is 22.0 Å². The van der Waals surface area contributed by atoms with Gasteiger partial charge in [-0.15, -0.1) is 0 Å². The molecule has 0 bridgehead atoms. The summed E-state index contributed by atoms with van der Waals surface area (Å²) in [6.07, 6.45) is -3.11. The first kappa shape index (κ1) is 16.6. The van der Waals surface area contributed by atoms with Gasteiger partial charge in [0.15, 0.2) is 0 Å². The maximum Gasteiger partial charge on any atom is 0.453 e. The smallest absolute Gasteiger partial charge is 0.381 e. The first-order valence-electron chi connectivity index (χ1n) is 6.47. The summed E-state index contributed by atoms with van der Waals surface area (Å²) in [5.74, 6) is -4.62. The fourth-order valence-corrected chi connectivity index (χ4v) is 1.89. The van der Waals surface area contributed by atoms with Gasteiger partial charge in [0.25, 0.3) is 0 Å². The molecule has 1 saturated heterocycles. The Hall–Kier alpha value is -0.430. The molecule has 0 N–H and O–H groups in total. The molecule has 0 radical (unpaired) electrons. The number of alkyl halides is 5. The Bertz CT molecular complexity index is 249. The van der Waals surface area contributed by atoms with Gasteiger partial charge < -0.3 is 9.47 Å². The minimum absolute atomic E-state index is 0.0849. The van der Waals surface area contributed by atoms with Crippen LogP contribution < -0.4 is 0 Å². The monoisotopic (exact) mass is 290 g/mol. The number of rotatable bonds is 7. The van der Waals surface area contributed by atoms with Gasteiger partial charge in [0, 0.05) is 26.2 Å². The van der Waals surface area contributed by atoms with Crippen molar-refractivity contribution >= 4 is 0 Å². The molecule has 1 aliphatic heterocycles. The molecule has 1 atom stereocenters. The highest BCUT2D eigenvalue weighted by Gasteiger charge is 2.56. The van der Waals surface area contributed by atoms with Crippen molar-refractivity contribution < 1.29 is 31.4 Å². The molecule has 0 aromatic carbocycles. The molecule has 0 aliphatic carbocycles. The van der Waals surface area contributed by atoms with E-state index in [9.17, 15) is 22.0 Å². The summed E-state index contributed by atoms with van der Waals surface area (Å²) in [6, 6.07) is 0. The summed E-state index contributed by atoms with van der Waals surface area (Å²) in [7, 11) is 0. The van der Waals surface area contributed by atoms with Crippen LogP contribution in [0.1, 0.15) is 38.5 Å². The van der Waals surface area contributed by atoms with Crippen molar-refractivity contribution in [3.8, 4) is 0 Å². The quantitative estimate of drug-likeness (QED) is 0.522. The Kier molecular flexibility index (Phi) is 6.46. The van der Waals surface area contributed by atoms with Crippen LogP contribution in [0.5, 0.6) is 0 Å². The van der Waals surface area contributed by atoms with Crippen molar-refractivity contribution in [3.63, 3.8) is 0 Å². The molecule has 1 heterocycles. The van der Waals surface area contributed by atoms with Crippen LogP contribution in [0.15, 0.2) is 0 Å². The maximum atomic E-state index is 12.5. The van der Waals surface area contributed by atoms with Gasteiger partial charge in [-0.1, -0.05) is 0 Å². The lowest BCUT2D eigenvalue weighted by atomic mass is 10.1. The topological polar surface area (TPSA) is 18.5 Å². The van der Waals surface area contributed by atoms with Crippen LogP contribution in [-0.2, 0) is 9.47 Å². The summed E-state index contributed by atoms with van der Waals surface area (Å²) < 4.78 is 71.1. The van der Waals surface area contributed by atoms with Gasteiger partial charge in [-0.3, -0.25) is 0 Å².